The monoisotopic (exact) mass is 326 g/mol. The van der Waals surface area contributed by atoms with Crippen molar-refractivity contribution in [3.05, 3.63) is 17.5 Å². The van der Waals surface area contributed by atoms with Crippen molar-refractivity contribution < 1.29 is 13.2 Å². The van der Waals surface area contributed by atoms with Crippen LogP contribution in [0.3, 0.4) is 0 Å². The Morgan fingerprint density at radius 1 is 1.45 bits per heavy atom. The van der Waals surface area contributed by atoms with Crippen LogP contribution in [0.15, 0.2) is 6.20 Å². The summed E-state index contributed by atoms with van der Waals surface area (Å²) in [5.74, 6) is 0.778. The van der Waals surface area contributed by atoms with Crippen LogP contribution in [0.2, 0.25) is 0 Å². The van der Waals surface area contributed by atoms with Gasteiger partial charge in [-0.15, -0.1) is 0 Å². The van der Waals surface area contributed by atoms with Crippen LogP contribution in [0.25, 0.3) is 0 Å². The van der Waals surface area contributed by atoms with Crippen LogP contribution in [-0.2, 0) is 26.8 Å². The molecule has 1 spiro atoms. The number of fused-ring (bicyclic) bond motifs is 2. The summed E-state index contributed by atoms with van der Waals surface area (Å²) in [5, 5.41) is 0. The third-order valence-electron chi connectivity index (χ3n) is 4.47. The van der Waals surface area contributed by atoms with E-state index >= 15 is 0 Å². The quantitative estimate of drug-likeness (QED) is 0.799. The second-order valence-corrected chi connectivity index (χ2v) is 8.45. The summed E-state index contributed by atoms with van der Waals surface area (Å²) in [6.45, 7) is 3.66. The van der Waals surface area contributed by atoms with Gasteiger partial charge in [-0.2, -0.15) is 0 Å². The number of anilines is 1. The first-order valence-corrected chi connectivity index (χ1v) is 9.08. The molecule has 1 fully saturated rings. The van der Waals surface area contributed by atoms with Gasteiger partial charge < -0.3 is 9.64 Å². The number of aromatic nitrogens is 2. The van der Waals surface area contributed by atoms with Gasteiger partial charge in [0, 0.05) is 38.9 Å². The Bertz CT molecular complexity index is 677. The number of hydrogen-bond donors (Lipinski definition) is 0. The molecule has 2 aliphatic heterocycles. The number of nitrogens with zero attached hydrogens (tertiary/aromatic N) is 4. The van der Waals surface area contributed by atoms with E-state index < -0.39 is 10.0 Å². The van der Waals surface area contributed by atoms with Gasteiger partial charge in [-0.05, 0) is 13.3 Å². The predicted octanol–water partition coefficient (Wildman–Crippen LogP) is 0.366. The smallest absolute Gasteiger partial charge is 0.225 e. The Hall–Kier alpha value is -1.25. The van der Waals surface area contributed by atoms with Gasteiger partial charge in [-0.25, -0.2) is 22.7 Å². The van der Waals surface area contributed by atoms with Crippen molar-refractivity contribution in [3.63, 3.8) is 0 Å². The molecule has 0 radical (unpaired) electrons. The largest absolute Gasteiger partial charge is 0.376 e. The van der Waals surface area contributed by atoms with Crippen LogP contribution in [0.5, 0.6) is 0 Å². The minimum absolute atomic E-state index is 0.128. The van der Waals surface area contributed by atoms with E-state index in [4.69, 9.17) is 9.72 Å². The van der Waals surface area contributed by atoms with Crippen molar-refractivity contribution in [1.82, 2.24) is 14.3 Å². The molecular formula is C14H22N4O3S. The van der Waals surface area contributed by atoms with E-state index in [9.17, 15) is 8.42 Å². The van der Waals surface area contributed by atoms with Crippen LogP contribution in [-0.4, -0.2) is 62.2 Å². The summed E-state index contributed by atoms with van der Waals surface area (Å²) in [5.41, 5.74) is 1.57. The van der Waals surface area contributed by atoms with Gasteiger partial charge in [-0.3, -0.25) is 0 Å². The van der Waals surface area contributed by atoms with Gasteiger partial charge in [-0.1, -0.05) is 0 Å². The highest BCUT2D eigenvalue weighted by Gasteiger charge is 2.47. The van der Waals surface area contributed by atoms with Gasteiger partial charge >= 0.3 is 0 Å². The molecule has 22 heavy (non-hydrogen) atoms. The summed E-state index contributed by atoms with van der Waals surface area (Å²) in [4.78, 5) is 10.9. The topological polar surface area (TPSA) is 75.6 Å². The SMILES string of the molecule is CCS(=O)(=O)N1CC[C@]2(COCc3cnc(N(C)C)nc32)C1. The van der Waals surface area contributed by atoms with Crippen LogP contribution >= 0.6 is 0 Å². The molecule has 0 aromatic carbocycles. The van der Waals surface area contributed by atoms with Crippen LogP contribution in [0, 0.1) is 0 Å². The Morgan fingerprint density at radius 3 is 2.91 bits per heavy atom. The third kappa shape index (κ3) is 2.49. The van der Waals surface area contributed by atoms with Crippen molar-refractivity contribution in [3.8, 4) is 0 Å². The lowest BCUT2D eigenvalue weighted by atomic mass is 9.81. The Balaban J connectivity index is 1.99. The number of rotatable bonds is 3. The predicted molar refractivity (Wildman–Crippen MR) is 83.3 cm³/mol. The fourth-order valence-corrected chi connectivity index (χ4v) is 4.35. The molecule has 1 atom stereocenters. The molecule has 0 bridgehead atoms. The molecule has 8 heteroatoms. The van der Waals surface area contributed by atoms with E-state index in [-0.39, 0.29) is 11.2 Å². The fraction of sp³-hybridized carbons (Fsp3) is 0.714. The second-order valence-electron chi connectivity index (χ2n) is 6.20. The average Bonchev–Trinajstić information content (AvgIpc) is 2.93. The van der Waals surface area contributed by atoms with Crippen molar-refractivity contribution >= 4 is 16.0 Å². The molecule has 0 N–H and O–H groups in total. The maximum Gasteiger partial charge on any atom is 0.225 e. The number of sulfonamides is 1. The van der Waals surface area contributed by atoms with E-state index in [1.807, 2.05) is 19.0 Å². The molecule has 3 heterocycles. The first-order valence-electron chi connectivity index (χ1n) is 7.47. The molecule has 0 amide bonds. The van der Waals surface area contributed by atoms with Crippen molar-refractivity contribution in [1.29, 1.82) is 0 Å². The average molecular weight is 326 g/mol. The Labute approximate surface area is 131 Å². The van der Waals surface area contributed by atoms with E-state index in [0.717, 1.165) is 17.7 Å². The molecule has 0 aliphatic carbocycles. The van der Waals surface area contributed by atoms with Gasteiger partial charge in [0.1, 0.15) is 0 Å². The van der Waals surface area contributed by atoms with Gasteiger partial charge in [0.05, 0.1) is 30.1 Å². The zero-order valence-electron chi connectivity index (χ0n) is 13.2. The standard InChI is InChI=1S/C14H22N4O3S/c1-4-22(19,20)18-6-5-14(9-18)10-21-8-11-7-15-13(17(2)3)16-12(11)14/h7H,4-6,8-10H2,1-3H3/t14-/m1/s1. The molecular weight excluding hydrogens is 304 g/mol. The Kier molecular flexibility index (Phi) is 3.86. The lowest BCUT2D eigenvalue weighted by molar-refractivity contribution is 0.0531. The van der Waals surface area contributed by atoms with E-state index in [2.05, 4.69) is 4.98 Å². The first kappa shape index (κ1) is 15.6. The summed E-state index contributed by atoms with van der Waals surface area (Å²) >= 11 is 0. The lowest BCUT2D eigenvalue weighted by Gasteiger charge is -2.34. The second kappa shape index (κ2) is 5.43. The first-order chi connectivity index (χ1) is 10.4. The van der Waals surface area contributed by atoms with Gasteiger partial charge in [0.15, 0.2) is 0 Å². The van der Waals surface area contributed by atoms with E-state index in [0.29, 0.717) is 32.3 Å². The summed E-state index contributed by atoms with van der Waals surface area (Å²) < 4.78 is 31.6. The summed E-state index contributed by atoms with van der Waals surface area (Å²) in [6.07, 6.45) is 2.54. The molecule has 1 saturated heterocycles. The van der Waals surface area contributed by atoms with E-state index in [1.165, 1.54) is 0 Å². The molecule has 7 nitrogen and oxygen atoms in total. The number of ether oxygens (including phenoxy) is 1. The Morgan fingerprint density at radius 2 is 2.23 bits per heavy atom. The zero-order valence-corrected chi connectivity index (χ0v) is 14.1. The minimum atomic E-state index is -3.18. The molecule has 1 aromatic rings. The van der Waals surface area contributed by atoms with Gasteiger partial charge in [0.25, 0.3) is 0 Å². The maximum atomic E-state index is 12.2. The molecule has 2 aliphatic rings. The molecule has 122 valence electrons. The van der Waals surface area contributed by atoms with Gasteiger partial charge in [0.2, 0.25) is 16.0 Å². The van der Waals surface area contributed by atoms with Crippen LogP contribution in [0.4, 0.5) is 5.95 Å². The maximum absolute atomic E-state index is 12.2. The van der Waals surface area contributed by atoms with Crippen molar-refractivity contribution in [2.24, 2.45) is 0 Å². The third-order valence-corrected chi connectivity index (χ3v) is 6.30. The van der Waals surface area contributed by atoms with Crippen molar-refractivity contribution in [2.45, 2.75) is 25.4 Å². The molecule has 3 rings (SSSR count). The highest BCUT2D eigenvalue weighted by Crippen LogP contribution is 2.40. The summed E-state index contributed by atoms with van der Waals surface area (Å²) in [7, 11) is 0.620. The summed E-state index contributed by atoms with van der Waals surface area (Å²) in [6, 6.07) is 0. The van der Waals surface area contributed by atoms with Crippen molar-refractivity contribution in [2.75, 3.05) is 44.4 Å². The molecule has 1 aromatic heterocycles. The highest BCUT2D eigenvalue weighted by molar-refractivity contribution is 7.89. The highest BCUT2D eigenvalue weighted by atomic mass is 32.2. The minimum Gasteiger partial charge on any atom is -0.376 e. The fourth-order valence-electron chi connectivity index (χ4n) is 3.17. The molecule has 0 saturated carbocycles. The van der Waals surface area contributed by atoms with Crippen LogP contribution in [0.1, 0.15) is 24.6 Å². The lowest BCUT2D eigenvalue weighted by Crippen LogP contribution is -2.42. The zero-order chi connectivity index (χ0) is 16.0. The van der Waals surface area contributed by atoms with Crippen LogP contribution < -0.4 is 4.90 Å². The number of hydrogen-bond acceptors (Lipinski definition) is 6. The molecule has 0 unspecified atom stereocenters. The normalized spacial score (nSPS) is 25.4. The van der Waals surface area contributed by atoms with E-state index in [1.54, 1.807) is 17.4 Å².